The Morgan fingerprint density at radius 2 is 1.26 bits per heavy atom. The number of likely N-dealkylation sites (N-methyl/N-ethyl adjacent to an activating group) is 2. The van der Waals surface area contributed by atoms with Crippen LogP contribution < -0.4 is 31.5 Å². The molecule has 0 heterocycles. The van der Waals surface area contributed by atoms with E-state index in [0.717, 1.165) is 22.5 Å². The number of sulfonamides is 2. The average molecular weight is 1110 g/mol. The van der Waals surface area contributed by atoms with Crippen molar-refractivity contribution in [1.29, 1.82) is 0 Å². The molecule has 1 aromatic carbocycles. The van der Waals surface area contributed by atoms with Gasteiger partial charge < -0.3 is 51.7 Å². The fraction of sp³-hybridized carbons (Fsp3) is 0.674. The number of aliphatic hydroxyl groups is 2. The lowest BCUT2D eigenvalue weighted by Crippen LogP contribution is -2.53. The van der Waals surface area contributed by atoms with E-state index in [1.165, 1.54) is 14.1 Å². The van der Waals surface area contributed by atoms with Crippen LogP contribution in [0.25, 0.3) is 0 Å². The lowest BCUT2D eigenvalue weighted by Gasteiger charge is -2.36. The molecule has 0 spiro atoms. The molecule has 10 N–H and O–H groups in total. The van der Waals surface area contributed by atoms with Crippen molar-refractivity contribution in [2.45, 2.75) is 122 Å². The summed E-state index contributed by atoms with van der Waals surface area (Å²) in [6, 6.07) is 3.67. The lowest BCUT2D eigenvalue weighted by atomic mass is 9.70. The van der Waals surface area contributed by atoms with E-state index in [0.29, 0.717) is 81.4 Å². The molecule has 0 aliphatic heterocycles. The van der Waals surface area contributed by atoms with Gasteiger partial charge in [0.1, 0.15) is 40.3 Å². The van der Waals surface area contributed by atoms with E-state index in [4.69, 9.17) is 11.5 Å². The van der Waals surface area contributed by atoms with E-state index in [9.17, 15) is 69.0 Å². The van der Waals surface area contributed by atoms with Crippen molar-refractivity contribution in [3.63, 3.8) is 0 Å². The molecule has 4 amide bonds. The lowest BCUT2D eigenvalue weighted by molar-refractivity contribution is -0.138. The molecule has 0 saturated heterocycles. The second-order valence-electron chi connectivity index (χ2n) is 19.5. The molecule has 6 atom stereocenters. The maximum atomic E-state index is 13.3. The van der Waals surface area contributed by atoms with Gasteiger partial charge in [-0.3, -0.25) is 34.0 Å². The summed E-state index contributed by atoms with van der Waals surface area (Å²) in [6.07, 6.45) is 2.29. The van der Waals surface area contributed by atoms with Crippen LogP contribution in [0.15, 0.2) is 40.3 Å². The first-order valence-electron chi connectivity index (χ1n) is 23.9. The minimum Gasteiger partial charge on any atom is -0.388 e. The number of aliphatic hydroxyl groups excluding tert-OH is 1. The third kappa shape index (κ3) is 21.9. The number of nitrogens with one attached hydrogen (secondary N) is 4. The summed E-state index contributed by atoms with van der Waals surface area (Å²) in [5.41, 5.74) is 9.79. The Hall–Kier alpha value is -5.26. The van der Waals surface area contributed by atoms with E-state index in [1.807, 2.05) is 13.8 Å². The van der Waals surface area contributed by atoms with E-state index in [1.54, 1.807) is 44.2 Å². The molecule has 2 bridgehead atoms. The molecule has 3 rings (SSSR count). The molecule has 1 aromatic rings. The Bertz CT molecular complexity index is 2500. The summed E-state index contributed by atoms with van der Waals surface area (Å²) in [6.45, 7) is 6.87. The molecule has 2 saturated carbocycles. The third-order valence-corrected chi connectivity index (χ3v) is 16.7. The number of rotatable bonds is 31. The normalized spacial score (nSPS) is 19.3. The zero-order chi connectivity index (χ0) is 56.2. The molecule has 74 heavy (non-hydrogen) atoms. The number of hydrogen-bond donors (Lipinski definition) is 8. The van der Waals surface area contributed by atoms with Gasteiger partial charge in [0.05, 0.1) is 54.1 Å². The number of carbonyl (C=O) groups is 7. The number of Topliss-reactive ketones (excluding diaryl/α,β-unsaturated/α-hetero) is 1. The first kappa shape index (κ1) is 64.9. The van der Waals surface area contributed by atoms with E-state index in [-0.39, 0.29) is 18.1 Å². The number of amides is 4. The number of ketones is 1. The average Bonchev–Trinajstić information content (AvgIpc) is 3.63. The van der Waals surface area contributed by atoms with Crippen molar-refractivity contribution in [2.75, 3.05) is 58.0 Å². The van der Waals surface area contributed by atoms with E-state index < -0.39 is 132 Å². The van der Waals surface area contributed by atoms with Gasteiger partial charge in [-0.25, -0.2) is 34.7 Å². The van der Waals surface area contributed by atoms with Crippen LogP contribution in [-0.2, 0) is 69.2 Å². The van der Waals surface area contributed by atoms with Crippen LogP contribution in [0, 0.1) is 16.7 Å². The van der Waals surface area contributed by atoms with Crippen LogP contribution in [0.4, 0.5) is 0 Å². The maximum Gasteiger partial charge on any atom is 0.241 e. The Morgan fingerprint density at radius 1 is 0.784 bits per heavy atom. The zero-order valence-corrected chi connectivity index (χ0v) is 45.6. The number of carbonyl (C=O) groups excluding carboxylic acids is 7. The largest absolute Gasteiger partial charge is 0.388 e. The second-order valence-corrected chi connectivity index (χ2v) is 25.3. The Labute approximate surface area is 434 Å². The summed E-state index contributed by atoms with van der Waals surface area (Å²) in [5.74, 6) is -3.52. The highest BCUT2D eigenvalue weighted by Crippen LogP contribution is 2.64. The van der Waals surface area contributed by atoms with Crippen molar-refractivity contribution in [1.82, 2.24) is 29.9 Å². The molecule has 25 nitrogen and oxygen atoms in total. The minimum absolute atomic E-state index is 0.0928. The topological polar surface area (TPSA) is 394 Å². The Kier molecular flexibility index (Phi) is 25.5. The zero-order valence-electron chi connectivity index (χ0n) is 43.2. The Morgan fingerprint density at radius 3 is 1.66 bits per heavy atom. The van der Waals surface area contributed by atoms with Crippen molar-refractivity contribution in [3.05, 3.63) is 35.9 Å². The molecular weight excluding hydrogens is 1030 g/mol. The minimum atomic E-state index is -4.21. The highest BCUT2D eigenvalue weighted by Gasteiger charge is 2.65. The van der Waals surface area contributed by atoms with Gasteiger partial charge in [0, 0.05) is 51.7 Å². The fourth-order valence-electron chi connectivity index (χ4n) is 8.82. The second kappa shape index (κ2) is 29.1. The molecule has 0 aromatic heterocycles. The summed E-state index contributed by atoms with van der Waals surface area (Å²) in [7, 11) is -9.23. The van der Waals surface area contributed by atoms with Crippen LogP contribution in [0.2, 0.25) is 0 Å². The summed E-state index contributed by atoms with van der Waals surface area (Å²) < 4.78 is 79.8. The van der Waals surface area contributed by atoms with Gasteiger partial charge in [-0.15, -0.1) is 0 Å². The standard InChI is InChI=1S/C25H43N5O8S2.C21H33N5O7S/c1-17(26)27-11-6-7-19(15-31)28-22(33)14-30(4)23(34)20(9-12-39(5,35)36)29-40(37,38)16-25-10-8-18(13-21(25)32)24(25,2)3;1-15(22)23-10-6-9-17(13-27)24-19(28)12-26(2)21(31)18(11-20(29)30)25-34(32,33)14-16-7-4-3-5-8-16/h15,18-20,29H,6-14,16H2,1-5H3,(H2,26,27)(H,28,33);3-5,7-8,13,17-18,20,25,29-30H,6,9-12,14H2,1-2H3,(H2,22,23)(H,24,28). The van der Waals surface area contributed by atoms with Gasteiger partial charge in [-0.2, -0.15) is 0 Å². The van der Waals surface area contributed by atoms with Gasteiger partial charge in [-0.1, -0.05) is 44.2 Å². The smallest absolute Gasteiger partial charge is 0.241 e. The summed E-state index contributed by atoms with van der Waals surface area (Å²) >= 11 is 0. The quantitative estimate of drug-likeness (QED) is 0.0130. The third-order valence-electron chi connectivity index (χ3n) is 12.8. The number of hydrogen-bond acceptors (Lipinski definition) is 17. The van der Waals surface area contributed by atoms with Crippen LogP contribution in [0.5, 0.6) is 0 Å². The molecule has 0 radical (unpaired) electrons. The number of nitrogens with zero attached hydrogens (tertiary/aromatic N) is 4. The summed E-state index contributed by atoms with van der Waals surface area (Å²) in [4.78, 5) is 96.3. The van der Waals surface area contributed by atoms with E-state index >= 15 is 0 Å². The molecule has 2 aliphatic carbocycles. The Balaban J connectivity index is 0.000000514. The van der Waals surface area contributed by atoms with Crippen molar-refractivity contribution in [2.24, 2.45) is 38.2 Å². The molecular formula is C46H76N10O15S3. The number of benzene rings is 1. The van der Waals surface area contributed by atoms with Gasteiger partial charge in [0.25, 0.3) is 0 Å². The molecule has 418 valence electrons. The summed E-state index contributed by atoms with van der Waals surface area (Å²) in [5, 5.41) is 23.6. The van der Waals surface area contributed by atoms with Crippen LogP contribution in [0.3, 0.4) is 0 Å². The van der Waals surface area contributed by atoms with Crippen LogP contribution in [0.1, 0.15) is 91.0 Å². The number of fused-ring (bicyclic) bond motifs is 2. The van der Waals surface area contributed by atoms with E-state index in [2.05, 4.69) is 30.1 Å². The molecule has 6 unspecified atom stereocenters. The maximum absolute atomic E-state index is 13.3. The number of aldehydes is 2. The monoisotopic (exact) mass is 1100 g/mol. The molecule has 2 fully saturated rings. The molecule has 2 aliphatic rings. The van der Waals surface area contributed by atoms with Gasteiger partial charge in [-0.05, 0) is 75.7 Å². The first-order chi connectivity index (χ1) is 34.3. The van der Waals surface area contributed by atoms with Crippen molar-refractivity contribution >= 4 is 83.5 Å². The predicted molar refractivity (Wildman–Crippen MR) is 276 cm³/mol. The predicted octanol–water partition coefficient (Wildman–Crippen LogP) is -2.12. The highest BCUT2D eigenvalue weighted by molar-refractivity contribution is 7.90. The molecule has 28 heteroatoms. The number of amidine groups is 2. The van der Waals surface area contributed by atoms with Gasteiger partial charge in [0.15, 0.2) is 6.29 Å². The first-order valence-corrected chi connectivity index (χ1v) is 29.3. The number of aliphatic imine (C=N–C) groups is 2. The van der Waals surface area contributed by atoms with Crippen molar-refractivity contribution < 1.29 is 69.0 Å². The number of nitrogens with two attached hydrogens (primary N) is 2. The van der Waals surface area contributed by atoms with Crippen molar-refractivity contribution in [3.8, 4) is 0 Å². The SMILES string of the molecule is CC(N)=NCCCC(C=O)NC(=O)CN(C)C(=O)C(CC(O)O)NS(=O)(=O)Cc1ccccc1.CC(N)=NCCCC(C=O)NC(=O)CN(C)C(=O)C(CCS(C)(=O)=O)NS(=O)(=O)CC12CCC(CC1=O)C2(C)C. The highest BCUT2D eigenvalue weighted by atomic mass is 32.2. The van der Waals surface area contributed by atoms with Crippen LogP contribution in [-0.4, -0.2) is 187 Å². The number of sulfone groups is 1. The van der Waals surface area contributed by atoms with Gasteiger partial charge in [0.2, 0.25) is 43.7 Å². The van der Waals surface area contributed by atoms with Gasteiger partial charge >= 0.3 is 0 Å². The van der Waals surface area contributed by atoms with Crippen LogP contribution >= 0.6 is 0 Å². The fourth-order valence-corrected chi connectivity index (χ4v) is 12.9.